The van der Waals surface area contributed by atoms with Gasteiger partial charge in [0, 0.05) is 18.5 Å². The number of thioether (sulfide) groups is 1. The molecule has 1 aromatic carbocycles. The van der Waals surface area contributed by atoms with Crippen LogP contribution in [0.1, 0.15) is 12.6 Å². The maximum atomic E-state index is 12.6. The Morgan fingerprint density at radius 2 is 2.14 bits per heavy atom. The Morgan fingerprint density at radius 1 is 1.29 bits per heavy atom. The molecule has 0 fully saturated rings. The number of rotatable bonds is 5. The number of pyridine rings is 1. The third kappa shape index (κ3) is 3.73. The number of esters is 1. The molecule has 4 rings (SSSR count). The zero-order chi connectivity index (χ0) is 19.7. The zero-order valence-corrected chi connectivity index (χ0v) is 16.4. The number of aromatic amines is 1. The minimum Gasteiger partial charge on any atom is -0.449 e. The number of aliphatic imine (C=N–C) groups is 1. The zero-order valence-electron chi connectivity index (χ0n) is 14.7. The van der Waals surface area contributed by atoms with E-state index in [4.69, 9.17) is 4.74 Å². The van der Waals surface area contributed by atoms with E-state index in [1.165, 1.54) is 30.9 Å². The highest BCUT2D eigenvalue weighted by Crippen LogP contribution is 2.31. The van der Waals surface area contributed by atoms with E-state index in [1.54, 1.807) is 24.3 Å². The first kappa shape index (κ1) is 18.5. The molecule has 144 valence electrons. The summed E-state index contributed by atoms with van der Waals surface area (Å²) in [5, 5.41) is 1.48. The minimum absolute atomic E-state index is 0.0567. The van der Waals surface area contributed by atoms with E-state index >= 15 is 0 Å². The third-order valence-corrected chi connectivity index (χ3v) is 6.33. The quantitative estimate of drug-likeness (QED) is 0.618. The van der Waals surface area contributed by atoms with Gasteiger partial charge in [0.25, 0.3) is 10.0 Å². The number of fused-ring (bicyclic) bond motifs is 1. The number of anilines is 1. The van der Waals surface area contributed by atoms with Gasteiger partial charge >= 0.3 is 5.97 Å². The molecule has 1 unspecified atom stereocenters. The summed E-state index contributed by atoms with van der Waals surface area (Å²) in [5.41, 5.74) is 1.44. The van der Waals surface area contributed by atoms with Crippen LogP contribution in [0.15, 0.2) is 58.7 Å². The normalized spacial score (nSPS) is 16.8. The molecule has 1 aliphatic heterocycles. The summed E-state index contributed by atoms with van der Waals surface area (Å²) in [6.45, 7) is 1.75. The maximum Gasteiger partial charge on any atom is 0.303 e. The van der Waals surface area contributed by atoms with Gasteiger partial charge in [-0.25, -0.2) is 4.98 Å². The summed E-state index contributed by atoms with van der Waals surface area (Å²) in [6, 6.07) is 11.9. The lowest BCUT2D eigenvalue weighted by Gasteiger charge is -2.08. The number of nitrogens with zero attached hydrogens (tertiary/aromatic N) is 2. The lowest BCUT2D eigenvalue weighted by Crippen LogP contribution is -2.14. The molecule has 3 aromatic rings. The highest BCUT2D eigenvalue weighted by molar-refractivity contribution is 8.15. The Bertz CT molecular complexity index is 1170. The van der Waals surface area contributed by atoms with Crippen molar-refractivity contribution >= 4 is 49.4 Å². The van der Waals surface area contributed by atoms with E-state index in [1.807, 2.05) is 12.1 Å². The van der Waals surface area contributed by atoms with Crippen LogP contribution in [-0.4, -0.2) is 41.4 Å². The van der Waals surface area contributed by atoms with Crippen LogP contribution in [0.4, 0.5) is 5.69 Å². The number of hydrogen-bond acceptors (Lipinski definition) is 7. The molecular weight excluding hydrogens is 400 g/mol. The van der Waals surface area contributed by atoms with Gasteiger partial charge in [-0.2, -0.15) is 8.42 Å². The monoisotopic (exact) mass is 416 g/mol. The highest BCUT2D eigenvalue weighted by Gasteiger charge is 2.25. The largest absolute Gasteiger partial charge is 0.449 e. The fourth-order valence-corrected chi connectivity index (χ4v) is 4.80. The van der Waals surface area contributed by atoms with Crippen molar-refractivity contribution in [2.24, 2.45) is 4.99 Å². The van der Waals surface area contributed by atoms with Crippen molar-refractivity contribution in [3.63, 3.8) is 0 Å². The van der Waals surface area contributed by atoms with Crippen LogP contribution in [0.5, 0.6) is 0 Å². The first-order chi connectivity index (χ1) is 13.4. The fraction of sp³-hybridized carbons (Fsp3) is 0.167. The molecule has 28 heavy (non-hydrogen) atoms. The van der Waals surface area contributed by atoms with E-state index in [0.29, 0.717) is 22.8 Å². The Morgan fingerprint density at radius 3 is 2.89 bits per heavy atom. The Balaban J connectivity index is 1.63. The molecule has 0 saturated carbocycles. The number of carbonyl (C=O) groups is 1. The number of para-hydroxylation sites is 1. The van der Waals surface area contributed by atoms with Gasteiger partial charge in [0.15, 0.2) is 10.5 Å². The van der Waals surface area contributed by atoms with Gasteiger partial charge in [-0.3, -0.25) is 14.5 Å². The molecule has 0 saturated heterocycles. The molecule has 0 spiro atoms. The molecule has 1 atom stereocenters. The standard InChI is InChI=1S/C18H16N4O4S2/c1-11(23)26-16-10-20-18(27-16)14-9-12-5-4-6-13(17(12)21-14)22-28(24,25)15-7-2-3-8-19-15/h2-9,16,21-22H,10H2,1H3. The number of H-pyrrole nitrogens is 1. The first-order valence-electron chi connectivity index (χ1n) is 8.37. The van der Waals surface area contributed by atoms with Crippen LogP contribution in [0.2, 0.25) is 0 Å². The van der Waals surface area contributed by atoms with Crippen LogP contribution >= 0.6 is 11.8 Å². The molecular formula is C18H16N4O4S2. The average molecular weight is 416 g/mol. The average Bonchev–Trinajstić information content (AvgIpc) is 3.29. The van der Waals surface area contributed by atoms with Gasteiger partial charge in [0.1, 0.15) is 5.04 Å². The number of carbonyl (C=O) groups excluding carboxylic acids is 1. The Kier molecular flexibility index (Phi) is 4.82. The van der Waals surface area contributed by atoms with Crippen LogP contribution in [0, 0.1) is 0 Å². The molecule has 10 heteroatoms. The molecule has 1 aliphatic rings. The molecule has 0 amide bonds. The fourth-order valence-electron chi connectivity index (χ4n) is 2.81. The maximum absolute atomic E-state index is 12.6. The molecule has 0 aliphatic carbocycles. The van der Waals surface area contributed by atoms with Gasteiger partial charge in [-0.15, -0.1) is 0 Å². The minimum atomic E-state index is -3.81. The van der Waals surface area contributed by atoms with Crippen LogP contribution < -0.4 is 4.72 Å². The number of nitrogens with one attached hydrogen (secondary N) is 2. The second-order valence-corrected chi connectivity index (χ2v) is 8.81. The molecule has 2 N–H and O–H groups in total. The Labute approximate surface area is 165 Å². The van der Waals surface area contributed by atoms with Gasteiger partial charge in [0.05, 0.1) is 23.4 Å². The van der Waals surface area contributed by atoms with E-state index in [2.05, 4.69) is 19.7 Å². The van der Waals surface area contributed by atoms with Crippen molar-refractivity contribution in [2.75, 3.05) is 11.3 Å². The van der Waals surface area contributed by atoms with Gasteiger partial charge in [0.2, 0.25) is 0 Å². The van der Waals surface area contributed by atoms with Gasteiger partial charge in [-0.05, 0) is 24.3 Å². The number of hydrogen-bond donors (Lipinski definition) is 2. The van der Waals surface area contributed by atoms with Crippen LogP contribution in [-0.2, 0) is 19.6 Å². The van der Waals surface area contributed by atoms with Gasteiger partial charge in [-0.1, -0.05) is 30.0 Å². The van der Waals surface area contributed by atoms with Crippen LogP contribution in [0.25, 0.3) is 10.9 Å². The lowest BCUT2D eigenvalue weighted by molar-refractivity contribution is -0.141. The highest BCUT2D eigenvalue weighted by atomic mass is 32.2. The van der Waals surface area contributed by atoms with E-state index < -0.39 is 10.0 Å². The van der Waals surface area contributed by atoms with Crippen molar-refractivity contribution < 1.29 is 17.9 Å². The second-order valence-electron chi connectivity index (χ2n) is 6.03. The number of sulfonamides is 1. The van der Waals surface area contributed by atoms with Crippen LogP contribution in [0.3, 0.4) is 0 Å². The summed E-state index contributed by atoms with van der Waals surface area (Å²) >= 11 is 1.35. The second kappa shape index (κ2) is 7.28. The predicted octanol–water partition coefficient (Wildman–Crippen LogP) is 2.75. The first-order valence-corrected chi connectivity index (χ1v) is 10.7. The van der Waals surface area contributed by atoms with E-state index in [0.717, 1.165) is 11.1 Å². The number of aromatic nitrogens is 2. The Hall–Kier alpha value is -2.85. The summed E-state index contributed by atoms with van der Waals surface area (Å²) < 4.78 is 32.9. The smallest absolute Gasteiger partial charge is 0.303 e. The lowest BCUT2D eigenvalue weighted by atomic mass is 10.2. The number of benzene rings is 1. The molecule has 2 aromatic heterocycles. The van der Waals surface area contributed by atoms with E-state index in [9.17, 15) is 13.2 Å². The SMILES string of the molecule is CC(=O)OC1CN=C(c2cc3cccc(NS(=O)(=O)c4ccccn4)c3[nH]2)S1. The molecule has 8 nitrogen and oxygen atoms in total. The molecule has 0 radical (unpaired) electrons. The van der Waals surface area contributed by atoms with E-state index in [-0.39, 0.29) is 16.4 Å². The summed E-state index contributed by atoms with van der Waals surface area (Å²) in [5.74, 6) is -0.350. The van der Waals surface area contributed by atoms with Crippen molar-refractivity contribution in [3.8, 4) is 0 Å². The van der Waals surface area contributed by atoms with Crippen molar-refractivity contribution in [1.82, 2.24) is 9.97 Å². The predicted molar refractivity (Wildman–Crippen MR) is 108 cm³/mol. The van der Waals surface area contributed by atoms with Crippen molar-refractivity contribution in [2.45, 2.75) is 17.4 Å². The van der Waals surface area contributed by atoms with Crippen molar-refractivity contribution in [3.05, 3.63) is 54.4 Å². The third-order valence-electron chi connectivity index (χ3n) is 3.97. The summed E-state index contributed by atoms with van der Waals surface area (Å²) in [6.07, 6.45) is 1.43. The summed E-state index contributed by atoms with van der Waals surface area (Å²) in [4.78, 5) is 22.6. The molecule has 3 heterocycles. The molecule has 0 bridgehead atoms. The summed E-state index contributed by atoms with van der Waals surface area (Å²) in [7, 11) is -3.81. The van der Waals surface area contributed by atoms with Gasteiger partial charge < -0.3 is 9.72 Å². The van der Waals surface area contributed by atoms with Crippen molar-refractivity contribution in [1.29, 1.82) is 0 Å². The number of ether oxygens (including phenoxy) is 1. The topological polar surface area (TPSA) is 114 Å².